The third-order valence-corrected chi connectivity index (χ3v) is 21.9. The maximum Gasteiger partial charge on any atom is 0.307 e. The molecule has 5 N–H and O–H groups in total. The molecule has 0 spiro atoms. The van der Waals surface area contributed by atoms with Gasteiger partial charge in [0.05, 0.1) is 52.1 Å². The van der Waals surface area contributed by atoms with E-state index in [-0.39, 0.29) is 6.42 Å². The van der Waals surface area contributed by atoms with Gasteiger partial charge in [0.1, 0.15) is 17.6 Å². The SMILES string of the molecule is C1=Nc2ccccc2C1.C1CCC2NCCCC2C1.C1CCNCC1.Cn1cc(-c2ccccc2)nn1.O=C(O)Cc1ccc(-c2ccccc2)cc1.c1c[nH]cn1.c1ccc(-c2ccccc2)cc1.c1ccc2[nH]ccc2c1.c1ccc2ccccc2c1.c1ccc2ncccc2c1.c1ccc2occc2c1.c1ccc2scnc2c1.c1ccccc1.c1ccncc1.c1cncnc1. The number of aliphatic carboxylic acids is 1. The lowest BCUT2D eigenvalue weighted by molar-refractivity contribution is -0.136. The van der Waals surface area contributed by atoms with E-state index in [0.29, 0.717) is 0 Å². The molecule has 1 aliphatic carbocycles. The Morgan fingerprint density at radius 1 is 0.422 bits per heavy atom. The number of para-hydroxylation sites is 5. The summed E-state index contributed by atoms with van der Waals surface area (Å²) in [6.45, 7) is 3.78. The quantitative estimate of drug-likeness (QED) is 0.108. The van der Waals surface area contributed by atoms with Crippen molar-refractivity contribution >= 4 is 83.0 Å². The Bertz CT molecular complexity index is 5900. The van der Waals surface area contributed by atoms with Crippen molar-refractivity contribution in [1.29, 1.82) is 0 Å². The smallest absolute Gasteiger partial charge is 0.307 e. The second-order valence-corrected chi connectivity index (χ2v) is 31.8. The molecule has 18 heteroatoms. The lowest BCUT2D eigenvalue weighted by Gasteiger charge is -2.36. The van der Waals surface area contributed by atoms with E-state index in [1.807, 2.05) is 292 Å². The average Bonchev–Trinajstić information content (AvgIpc) is 1.38. The normalized spacial score (nSPS) is 12.8. The summed E-state index contributed by atoms with van der Waals surface area (Å²) < 4.78 is 8.08. The molecule has 4 aliphatic rings. The van der Waals surface area contributed by atoms with Crippen molar-refractivity contribution in [3.05, 3.63) is 492 Å². The third-order valence-electron chi connectivity index (χ3n) is 21.1. The first-order valence-corrected chi connectivity index (χ1v) is 46.6. The third kappa shape index (κ3) is 39.0. The van der Waals surface area contributed by atoms with Gasteiger partial charge in [-0.25, -0.2) is 19.9 Å². The Labute approximate surface area is 797 Å². The largest absolute Gasteiger partial charge is 0.481 e. The Balaban J connectivity index is 0.000000140. The summed E-state index contributed by atoms with van der Waals surface area (Å²) in [5.41, 5.74) is 16.3. The van der Waals surface area contributed by atoms with Crippen molar-refractivity contribution in [2.75, 3.05) is 19.6 Å². The molecule has 3 fully saturated rings. The van der Waals surface area contributed by atoms with Crippen LogP contribution >= 0.6 is 11.3 Å². The molecule has 13 aromatic carbocycles. The number of pyridine rings is 2. The second-order valence-electron chi connectivity index (χ2n) is 30.9. The predicted octanol–water partition coefficient (Wildman–Crippen LogP) is 28.1. The molecule has 17 nitrogen and oxygen atoms in total. The standard InChI is InChI=1S/C14H12O2.C12H10.C10H8.C9H9N3.C9H17N.C9H7N.2C8H7N.C8H6O.C7H5NS.C6H6.C5H11N.C5H5N.C4H4N2.C3H4N2/c15-14(16)10-11-6-8-13(9-7-11)12-4-2-1-3-5-12;1-3-7-11(8-4-1)12-9-5-2-6-10-12;1-2-6-10-8-4-3-7-9(10)5-1;1-12-7-9(10-11-12)8-5-3-2-4-6-8;2*1-2-6-9-8(4-1)5-3-7-10-9;3*1-2-4-8-7(3-1)5-6-9-8;1-2-4-7-6(3-1)8-5-9-7;3*1-2-4-6-5-3-1;1-2-5-4-6-3-1;1-2-5-3-4-1/h1-9H,10H2,(H,15,16);1-10H;1-8H;2-7H,1H3;8-10H,1-7H2;1-7H;1-4,6H,5H2;1-6,9H;1-6H;1-5H;1-6H;6H,1-5H2;1-5H;1-4H;1-3H,(H,4,5). The molecule has 2 unspecified atom stereocenters. The number of rotatable bonds is 5. The highest BCUT2D eigenvalue weighted by molar-refractivity contribution is 7.16. The van der Waals surface area contributed by atoms with Gasteiger partial charge in [-0.15, -0.1) is 16.4 Å². The number of hydrogen-bond acceptors (Lipinski definition) is 14. The molecule has 3 aliphatic heterocycles. The highest BCUT2D eigenvalue weighted by Gasteiger charge is 2.26. The van der Waals surface area contributed by atoms with Crippen molar-refractivity contribution in [3.8, 4) is 33.5 Å². The number of hydrogen-bond donors (Lipinski definition) is 5. The van der Waals surface area contributed by atoms with Crippen molar-refractivity contribution in [1.82, 2.24) is 65.5 Å². The van der Waals surface area contributed by atoms with E-state index in [0.717, 1.165) is 74.0 Å². The molecule has 0 bridgehead atoms. The lowest BCUT2D eigenvalue weighted by atomic mass is 9.80. The zero-order valence-corrected chi connectivity index (χ0v) is 77.2. The molecule has 1 saturated carbocycles. The van der Waals surface area contributed by atoms with Crippen LogP contribution in [0.4, 0.5) is 5.69 Å². The second kappa shape index (κ2) is 61.7. The van der Waals surface area contributed by atoms with Gasteiger partial charge in [0.15, 0.2) is 0 Å². The Morgan fingerprint density at radius 3 is 1.45 bits per heavy atom. The number of imidazole rings is 1. The van der Waals surface area contributed by atoms with Gasteiger partial charge in [-0.1, -0.05) is 352 Å². The van der Waals surface area contributed by atoms with Gasteiger partial charge in [0.2, 0.25) is 0 Å². The van der Waals surface area contributed by atoms with Crippen LogP contribution in [0.15, 0.2) is 490 Å². The topological polar surface area (TPSA) is 226 Å². The summed E-state index contributed by atoms with van der Waals surface area (Å²) in [5.74, 6) is 0.245. The molecule has 25 rings (SSSR count). The number of carboxylic acids is 1. The van der Waals surface area contributed by atoms with Crippen LogP contribution < -0.4 is 10.6 Å². The minimum Gasteiger partial charge on any atom is -0.481 e. The van der Waals surface area contributed by atoms with Gasteiger partial charge >= 0.3 is 5.97 Å². The number of nitrogens with one attached hydrogen (secondary N) is 4. The minimum absolute atomic E-state index is 0.0784. The van der Waals surface area contributed by atoms with E-state index < -0.39 is 5.97 Å². The number of furan rings is 1. The molecular weight excluding hydrogens is 1680 g/mol. The van der Waals surface area contributed by atoms with Crippen LogP contribution in [-0.2, 0) is 24.7 Å². The van der Waals surface area contributed by atoms with Crippen LogP contribution in [0.1, 0.15) is 68.9 Å². The summed E-state index contributed by atoms with van der Waals surface area (Å²) in [7, 11) is 1.86. The number of aliphatic imine (C=N–C) groups is 1. The van der Waals surface area contributed by atoms with Crippen LogP contribution in [0.25, 0.3) is 87.3 Å². The zero-order valence-electron chi connectivity index (χ0n) is 76.4. The van der Waals surface area contributed by atoms with Gasteiger partial charge in [0, 0.05) is 97.2 Å². The average molecular weight is 1800 g/mol. The van der Waals surface area contributed by atoms with Crippen LogP contribution in [0, 0.1) is 5.92 Å². The van der Waals surface area contributed by atoms with Crippen LogP contribution in [0.3, 0.4) is 0 Å². The molecular formula is C117H118N14O3S. The van der Waals surface area contributed by atoms with E-state index in [1.54, 1.807) is 71.9 Å². The Morgan fingerprint density at radius 2 is 0.948 bits per heavy atom. The van der Waals surface area contributed by atoms with Gasteiger partial charge in [0.25, 0.3) is 0 Å². The van der Waals surface area contributed by atoms with E-state index in [4.69, 9.17) is 9.52 Å². The number of thiazole rings is 1. The van der Waals surface area contributed by atoms with E-state index >= 15 is 0 Å². The molecule has 0 amide bonds. The number of H-pyrrole nitrogens is 2. The minimum atomic E-state index is -0.799. The predicted molar refractivity (Wildman–Crippen MR) is 561 cm³/mol. The zero-order chi connectivity index (χ0) is 93.4. The number of benzene rings is 13. The van der Waals surface area contributed by atoms with Gasteiger partial charge in [-0.2, -0.15) is 0 Å². The molecule has 0 radical (unpaired) electrons. The fourth-order valence-electron chi connectivity index (χ4n) is 14.3. The van der Waals surface area contributed by atoms with Crippen LogP contribution in [-0.4, -0.2) is 97.8 Å². The molecule has 21 aromatic rings. The number of carbonyl (C=O) groups is 1. The molecule has 135 heavy (non-hydrogen) atoms. The summed E-state index contributed by atoms with van der Waals surface area (Å²) >= 11 is 1.68. The highest BCUT2D eigenvalue weighted by atomic mass is 32.1. The number of carboxylic acid groups (broad SMARTS) is 1. The first-order valence-electron chi connectivity index (χ1n) is 45.7. The molecule has 8 aromatic heterocycles. The fourth-order valence-corrected chi connectivity index (χ4v) is 15.0. The van der Waals surface area contributed by atoms with E-state index in [2.05, 4.69) is 205 Å². The number of aromatic amines is 2. The van der Waals surface area contributed by atoms with Crippen LogP contribution in [0.5, 0.6) is 0 Å². The van der Waals surface area contributed by atoms with Crippen molar-refractivity contribution in [2.45, 2.75) is 76.7 Å². The van der Waals surface area contributed by atoms with Gasteiger partial charge in [-0.05, 0) is 186 Å². The fraction of sp³-hybridized carbons (Fsp3) is 0.145. The summed E-state index contributed by atoms with van der Waals surface area (Å²) in [4.78, 5) is 43.7. The van der Waals surface area contributed by atoms with Crippen LogP contribution in [0.2, 0.25) is 0 Å². The maximum atomic E-state index is 10.5. The Kier molecular flexibility index (Phi) is 45.5. The highest BCUT2D eigenvalue weighted by Crippen LogP contribution is 2.31. The van der Waals surface area contributed by atoms with E-state index in [1.165, 1.54) is 132 Å². The summed E-state index contributed by atoms with van der Waals surface area (Å²) in [6, 6.07) is 134. The molecule has 11 heterocycles. The molecule has 680 valence electrons. The Hall–Kier alpha value is -15.9. The molecule has 2 saturated heterocycles. The number of aryl methyl sites for hydroxylation is 1. The van der Waals surface area contributed by atoms with Crippen molar-refractivity contribution in [2.24, 2.45) is 18.0 Å². The number of fused-ring (bicyclic) bond motifs is 7. The summed E-state index contributed by atoms with van der Waals surface area (Å²) in [6.07, 6.45) is 36.9. The van der Waals surface area contributed by atoms with E-state index in [9.17, 15) is 4.79 Å². The number of nitrogens with zero attached hydrogens (tertiary/aromatic N) is 10. The van der Waals surface area contributed by atoms with Gasteiger partial charge < -0.3 is 30.1 Å². The first-order chi connectivity index (χ1) is 66.8. The maximum absolute atomic E-state index is 10.5. The molecule has 2 atom stereocenters. The lowest BCUT2D eigenvalue weighted by Crippen LogP contribution is -2.42. The first kappa shape index (κ1) is 99.7. The van der Waals surface area contributed by atoms with Crippen molar-refractivity contribution in [3.63, 3.8) is 0 Å². The van der Waals surface area contributed by atoms with Gasteiger partial charge in [-0.3, -0.25) is 24.4 Å². The summed E-state index contributed by atoms with van der Waals surface area (Å²) in [5, 5.41) is 29.7. The number of aromatic nitrogens is 11. The number of piperidine rings is 2. The monoisotopic (exact) mass is 1800 g/mol. The van der Waals surface area contributed by atoms with Crippen molar-refractivity contribution < 1.29 is 14.3 Å².